The van der Waals surface area contributed by atoms with E-state index < -0.39 is 12.1 Å². The van der Waals surface area contributed by atoms with Crippen molar-refractivity contribution in [1.29, 1.82) is 0 Å². The van der Waals surface area contributed by atoms with Gasteiger partial charge in [-0.1, -0.05) is 48.5 Å². The van der Waals surface area contributed by atoms with Crippen LogP contribution < -0.4 is 5.32 Å². The molecule has 2 aliphatic carbocycles. The van der Waals surface area contributed by atoms with Crippen LogP contribution in [0.3, 0.4) is 0 Å². The van der Waals surface area contributed by atoms with Gasteiger partial charge in [-0.25, -0.2) is 4.79 Å². The molecule has 0 spiro atoms. The zero-order valence-corrected chi connectivity index (χ0v) is 17.9. The molecule has 7 nitrogen and oxygen atoms in total. The molecule has 0 aromatic heterocycles. The van der Waals surface area contributed by atoms with Gasteiger partial charge >= 0.3 is 12.1 Å². The van der Waals surface area contributed by atoms with Gasteiger partial charge in [-0.15, -0.1) is 0 Å². The average molecular weight is 434 g/mol. The lowest BCUT2D eigenvalue weighted by Gasteiger charge is -2.22. The number of carboxylic acid groups (broad SMARTS) is 1. The predicted octanol–water partition coefficient (Wildman–Crippen LogP) is 3.09. The molecule has 2 N–H and O–H groups in total. The Morgan fingerprint density at radius 2 is 1.59 bits per heavy atom. The topological polar surface area (TPSA) is 95.9 Å². The summed E-state index contributed by atoms with van der Waals surface area (Å²) in [6.45, 7) is 3.00. The predicted molar refractivity (Wildman–Crippen MR) is 117 cm³/mol. The number of carbonyl (C=O) groups excluding carboxylic acids is 2. The van der Waals surface area contributed by atoms with Crippen LogP contribution >= 0.6 is 0 Å². The highest BCUT2D eigenvalue weighted by Gasteiger charge is 2.60. The number of fused-ring (bicyclic) bond motifs is 4. The van der Waals surface area contributed by atoms with Crippen LogP contribution in [0, 0.1) is 17.8 Å². The Hall–Kier alpha value is -3.35. The molecule has 2 unspecified atom stereocenters. The van der Waals surface area contributed by atoms with E-state index in [0.29, 0.717) is 13.1 Å². The minimum absolute atomic E-state index is 0.0106. The summed E-state index contributed by atoms with van der Waals surface area (Å²) in [5, 5.41) is 11.9. The summed E-state index contributed by atoms with van der Waals surface area (Å²) in [5.41, 5.74) is 4.64. The number of rotatable bonds is 6. The number of carboxylic acids is 1. The van der Waals surface area contributed by atoms with Gasteiger partial charge in [0.05, 0.1) is 5.92 Å². The van der Waals surface area contributed by atoms with Crippen LogP contribution in [0.15, 0.2) is 48.5 Å². The largest absolute Gasteiger partial charge is 0.481 e. The molecule has 2 aromatic rings. The summed E-state index contributed by atoms with van der Waals surface area (Å²) < 4.78 is 5.54. The van der Waals surface area contributed by atoms with Gasteiger partial charge in [0.25, 0.3) is 0 Å². The molecule has 166 valence electrons. The first-order valence-electron chi connectivity index (χ1n) is 11.1. The number of nitrogens with one attached hydrogen (secondary N) is 1. The highest BCUT2D eigenvalue weighted by Crippen LogP contribution is 2.51. The molecule has 1 saturated heterocycles. The van der Waals surface area contributed by atoms with E-state index >= 15 is 0 Å². The van der Waals surface area contributed by atoms with Crippen molar-refractivity contribution in [2.24, 2.45) is 17.8 Å². The molecule has 1 saturated carbocycles. The lowest BCUT2D eigenvalue weighted by molar-refractivity contribution is -0.141. The molecule has 7 heteroatoms. The minimum Gasteiger partial charge on any atom is -0.481 e. The van der Waals surface area contributed by atoms with Crippen LogP contribution in [-0.2, 0) is 14.3 Å². The number of amides is 2. The fourth-order valence-electron chi connectivity index (χ4n) is 5.38. The van der Waals surface area contributed by atoms with Crippen LogP contribution in [0.2, 0.25) is 0 Å². The molecule has 4 atom stereocenters. The number of benzene rings is 2. The lowest BCUT2D eigenvalue weighted by Crippen LogP contribution is -2.40. The second-order valence-electron chi connectivity index (χ2n) is 9.07. The Kier molecular flexibility index (Phi) is 5.12. The number of ether oxygens (including phenoxy) is 1. The monoisotopic (exact) mass is 434 g/mol. The molecule has 0 bridgehead atoms. The van der Waals surface area contributed by atoms with Crippen molar-refractivity contribution >= 4 is 18.0 Å². The fraction of sp³-hybridized carbons (Fsp3) is 0.400. The van der Waals surface area contributed by atoms with Crippen molar-refractivity contribution in [3.8, 4) is 11.1 Å². The van der Waals surface area contributed by atoms with E-state index in [1.54, 1.807) is 11.8 Å². The van der Waals surface area contributed by atoms with E-state index in [9.17, 15) is 14.4 Å². The van der Waals surface area contributed by atoms with Crippen molar-refractivity contribution < 1.29 is 24.2 Å². The van der Waals surface area contributed by atoms with Gasteiger partial charge in [0.2, 0.25) is 5.91 Å². The summed E-state index contributed by atoms with van der Waals surface area (Å²) in [6.07, 6.45) is -0.371. The summed E-state index contributed by atoms with van der Waals surface area (Å²) in [5.74, 6) is -0.965. The number of alkyl carbamates (subject to hydrolysis) is 1. The molecule has 1 aliphatic heterocycles. The first-order valence-corrected chi connectivity index (χ1v) is 11.1. The van der Waals surface area contributed by atoms with Gasteiger partial charge in [0, 0.05) is 31.5 Å². The molecular formula is C25H26N2O5. The number of hydrogen-bond donors (Lipinski definition) is 2. The number of carbonyl (C=O) groups is 3. The Balaban J connectivity index is 1.12. The van der Waals surface area contributed by atoms with Crippen LogP contribution in [0.1, 0.15) is 30.4 Å². The maximum absolute atomic E-state index is 12.5. The average Bonchev–Trinajstić information content (AvgIpc) is 3.13. The van der Waals surface area contributed by atoms with Gasteiger partial charge in [-0.2, -0.15) is 0 Å². The van der Waals surface area contributed by atoms with Crippen LogP contribution in [0.5, 0.6) is 0 Å². The standard InChI is InChI=1S/C25H26N2O5/c1-14(10-22(28)27-11-19-20(12-27)23(19)24(29)30)26-25(31)32-13-21-17-8-4-2-6-15(17)16-7-3-5-9-18(16)21/h2-9,14,19-21,23H,10-13H2,1H3,(H,26,31)(H,29,30)/t14?,19-,20+,23?. The first kappa shape index (κ1) is 20.5. The molecule has 1 heterocycles. The van der Waals surface area contributed by atoms with Crippen molar-refractivity contribution in [3.05, 3.63) is 59.7 Å². The number of hydrogen-bond acceptors (Lipinski definition) is 4. The highest BCUT2D eigenvalue weighted by atomic mass is 16.5. The van der Waals surface area contributed by atoms with Gasteiger partial charge in [0.15, 0.2) is 0 Å². The van der Waals surface area contributed by atoms with Gasteiger partial charge in [-0.05, 0) is 41.0 Å². The van der Waals surface area contributed by atoms with Crippen molar-refractivity contribution in [1.82, 2.24) is 10.2 Å². The zero-order chi connectivity index (χ0) is 22.4. The molecule has 0 radical (unpaired) electrons. The van der Waals surface area contributed by atoms with Gasteiger partial charge < -0.3 is 20.1 Å². The third-order valence-corrected chi connectivity index (χ3v) is 7.02. The summed E-state index contributed by atoms with van der Waals surface area (Å²) in [4.78, 5) is 37.7. The molecular weight excluding hydrogens is 408 g/mol. The van der Waals surface area contributed by atoms with Crippen LogP contribution in [0.25, 0.3) is 11.1 Å². The molecule has 5 rings (SSSR count). The number of aliphatic carboxylic acids is 1. The summed E-state index contributed by atoms with van der Waals surface area (Å²) in [6, 6.07) is 15.9. The second kappa shape index (κ2) is 7.97. The maximum Gasteiger partial charge on any atom is 0.407 e. The SMILES string of the molecule is CC(CC(=O)N1C[C@@H]2C(C(=O)O)[C@@H]2C1)NC(=O)OCC1c2ccccc2-c2ccccc21. The fourth-order valence-corrected chi connectivity index (χ4v) is 5.38. The van der Waals surface area contributed by atoms with Crippen molar-refractivity contribution in [3.63, 3.8) is 0 Å². The smallest absolute Gasteiger partial charge is 0.407 e. The third kappa shape index (κ3) is 3.61. The van der Waals surface area contributed by atoms with Crippen LogP contribution in [-0.4, -0.2) is 53.7 Å². The molecule has 2 fully saturated rings. The van der Waals surface area contributed by atoms with E-state index in [1.807, 2.05) is 24.3 Å². The minimum atomic E-state index is -0.766. The molecule has 32 heavy (non-hydrogen) atoms. The maximum atomic E-state index is 12.5. The van der Waals surface area contributed by atoms with E-state index in [0.717, 1.165) is 11.1 Å². The van der Waals surface area contributed by atoms with Gasteiger partial charge in [-0.3, -0.25) is 9.59 Å². The Morgan fingerprint density at radius 1 is 1.03 bits per heavy atom. The normalized spacial score (nSPS) is 23.7. The molecule has 2 amide bonds. The third-order valence-electron chi connectivity index (χ3n) is 7.02. The zero-order valence-electron chi connectivity index (χ0n) is 17.9. The number of nitrogens with zero attached hydrogens (tertiary/aromatic N) is 1. The summed E-state index contributed by atoms with van der Waals surface area (Å²) >= 11 is 0. The summed E-state index contributed by atoms with van der Waals surface area (Å²) in [7, 11) is 0. The van der Waals surface area contributed by atoms with Gasteiger partial charge in [0.1, 0.15) is 6.61 Å². The van der Waals surface area contributed by atoms with Crippen molar-refractivity contribution in [2.45, 2.75) is 25.3 Å². The van der Waals surface area contributed by atoms with E-state index in [2.05, 4.69) is 29.6 Å². The Labute approximate surface area is 186 Å². The van der Waals surface area contributed by atoms with E-state index in [-0.39, 0.29) is 48.6 Å². The number of piperidine rings is 1. The van der Waals surface area contributed by atoms with E-state index in [4.69, 9.17) is 9.84 Å². The highest BCUT2D eigenvalue weighted by molar-refractivity contribution is 5.81. The Bertz CT molecular complexity index is 1030. The second-order valence-corrected chi connectivity index (χ2v) is 9.07. The van der Waals surface area contributed by atoms with Crippen molar-refractivity contribution in [2.75, 3.05) is 19.7 Å². The first-order chi connectivity index (χ1) is 15.4. The van der Waals surface area contributed by atoms with Crippen LogP contribution in [0.4, 0.5) is 4.79 Å². The quantitative estimate of drug-likeness (QED) is 0.728. The molecule has 3 aliphatic rings. The molecule has 2 aromatic carbocycles. The lowest BCUT2D eigenvalue weighted by atomic mass is 9.98. The van der Waals surface area contributed by atoms with E-state index in [1.165, 1.54) is 11.1 Å². The Morgan fingerprint density at radius 3 is 2.16 bits per heavy atom. The number of likely N-dealkylation sites (tertiary alicyclic amines) is 1.